The van der Waals surface area contributed by atoms with E-state index in [1.807, 2.05) is 36.4 Å². The molecule has 4 nitrogen and oxygen atoms in total. The monoisotopic (exact) mass is 388 g/mol. The Balaban J connectivity index is 0.00000140. The Labute approximate surface area is 205 Å². The van der Waals surface area contributed by atoms with E-state index < -0.39 is 11.9 Å². The zero-order valence-corrected chi connectivity index (χ0v) is 19.6. The number of benzene rings is 4. The van der Waals surface area contributed by atoms with Crippen LogP contribution in [-0.2, 0) is 0 Å². The molecule has 0 saturated heterocycles. The summed E-state index contributed by atoms with van der Waals surface area (Å²) in [6.07, 6.45) is 0. The van der Waals surface area contributed by atoms with Crippen LogP contribution in [-0.4, -0.2) is 81.3 Å². The summed E-state index contributed by atoms with van der Waals surface area (Å²) in [5.41, 5.74) is 1.75. The number of carboxylic acid groups (broad SMARTS) is 2. The third kappa shape index (κ3) is 4.18. The van der Waals surface area contributed by atoms with E-state index in [-0.39, 0.29) is 70.2 Å². The number of hydrogen-bond donors (Lipinski definition) is 2. The molecule has 0 saturated carbocycles. The summed E-state index contributed by atoms with van der Waals surface area (Å²) >= 11 is 0. The maximum absolute atomic E-state index is 11.7. The average Bonchev–Trinajstić information content (AvgIpc) is 2.66. The zero-order valence-electron chi connectivity index (χ0n) is 15.6. The summed E-state index contributed by atoms with van der Waals surface area (Å²) in [5.74, 6) is -2.02. The van der Waals surface area contributed by atoms with Gasteiger partial charge in [-0.1, -0.05) is 48.5 Å². The Morgan fingerprint density at radius 3 is 1.29 bits per heavy atom. The van der Waals surface area contributed by atoms with Crippen LogP contribution in [0.1, 0.15) is 20.7 Å². The van der Waals surface area contributed by atoms with Crippen LogP contribution >= 0.6 is 0 Å². The van der Waals surface area contributed by atoms with Crippen LogP contribution in [0, 0.1) is 0 Å². The first-order valence-electron chi connectivity index (χ1n) is 8.07. The predicted molar refractivity (Wildman–Crippen MR) is 112 cm³/mol. The molecule has 128 valence electrons. The summed E-state index contributed by atoms with van der Waals surface area (Å²) in [6.45, 7) is 0. The summed E-state index contributed by atoms with van der Waals surface area (Å²) < 4.78 is 0. The fourth-order valence-electron chi connectivity index (χ4n) is 3.31. The van der Waals surface area contributed by atoms with Crippen molar-refractivity contribution in [1.82, 2.24) is 0 Å². The van der Waals surface area contributed by atoms with Crippen molar-refractivity contribution in [2.24, 2.45) is 0 Å². The quantitative estimate of drug-likeness (QED) is 0.514. The summed E-state index contributed by atoms with van der Waals surface area (Å²) in [7, 11) is 0. The molecule has 0 heterocycles. The van der Waals surface area contributed by atoms with Crippen molar-refractivity contribution < 1.29 is 19.8 Å². The number of aromatic carboxylic acids is 2. The fourth-order valence-corrected chi connectivity index (χ4v) is 3.31. The molecule has 0 unspecified atom stereocenters. The van der Waals surface area contributed by atoms with E-state index in [0.717, 1.165) is 10.8 Å². The minimum atomic E-state index is -1.01. The molecule has 0 aliphatic heterocycles. The second-order valence-corrected chi connectivity index (χ2v) is 6.10. The topological polar surface area (TPSA) is 74.6 Å². The maximum Gasteiger partial charge on any atom is 0.336 e. The second-order valence-electron chi connectivity index (χ2n) is 6.10. The standard InChI is InChI=1S/C22H14O4.2Na/c23-21(24)19-11-15(9-13-5-1-3-7-17(13)19)16-10-14-6-2-4-8-18(14)20(12-16)22(25)26;;/h1-12H,(H,23,24)(H,25,26);;. The average molecular weight is 388 g/mol. The van der Waals surface area contributed by atoms with E-state index in [4.69, 9.17) is 0 Å². The van der Waals surface area contributed by atoms with Crippen LogP contribution in [0.25, 0.3) is 32.7 Å². The minimum Gasteiger partial charge on any atom is -0.478 e. The van der Waals surface area contributed by atoms with Crippen molar-refractivity contribution >= 4 is 92.6 Å². The first kappa shape index (κ1) is 22.6. The first-order valence-corrected chi connectivity index (χ1v) is 8.07. The molecule has 0 aliphatic rings. The molecule has 0 spiro atoms. The molecule has 2 radical (unpaired) electrons. The van der Waals surface area contributed by atoms with Crippen molar-refractivity contribution in [2.45, 2.75) is 0 Å². The molecule has 28 heavy (non-hydrogen) atoms. The van der Waals surface area contributed by atoms with E-state index in [2.05, 4.69) is 0 Å². The molecule has 0 aromatic heterocycles. The number of carboxylic acids is 2. The Kier molecular flexibility index (Phi) is 7.46. The van der Waals surface area contributed by atoms with Gasteiger partial charge in [-0.2, -0.15) is 0 Å². The van der Waals surface area contributed by atoms with Crippen LogP contribution in [0.4, 0.5) is 0 Å². The van der Waals surface area contributed by atoms with Crippen molar-refractivity contribution in [3.05, 3.63) is 83.9 Å². The number of fused-ring (bicyclic) bond motifs is 2. The van der Waals surface area contributed by atoms with Crippen LogP contribution in [0.3, 0.4) is 0 Å². The normalized spacial score (nSPS) is 10.1. The Bertz CT molecular complexity index is 1110. The van der Waals surface area contributed by atoms with E-state index in [1.54, 1.807) is 36.4 Å². The summed E-state index contributed by atoms with van der Waals surface area (Å²) in [4.78, 5) is 23.4. The maximum atomic E-state index is 11.7. The molecular weight excluding hydrogens is 374 g/mol. The number of carbonyl (C=O) groups is 2. The Morgan fingerprint density at radius 1 is 0.571 bits per heavy atom. The molecule has 0 amide bonds. The Hall–Kier alpha value is -1.66. The van der Waals surface area contributed by atoms with Gasteiger partial charge >= 0.3 is 11.9 Å². The molecule has 0 atom stereocenters. The molecule has 0 fully saturated rings. The van der Waals surface area contributed by atoms with Crippen molar-refractivity contribution in [1.29, 1.82) is 0 Å². The van der Waals surface area contributed by atoms with Gasteiger partial charge in [0.2, 0.25) is 0 Å². The smallest absolute Gasteiger partial charge is 0.336 e. The van der Waals surface area contributed by atoms with Crippen molar-refractivity contribution in [2.75, 3.05) is 0 Å². The predicted octanol–water partition coefficient (Wildman–Crippen LogP) is 4.29. The second kappa shape index (κ2) is 9.23. The number of hydrogen-bond acceptors (Lipinski definition) is 2. The molecule has 6 heteroatoms. The van der Waals surface area contributed by atoms with Crippen molar-refractivity contribution in [3.63, 3.8) is 0 Å². The van der Waals surface area contributed by atoms with Crippen LogP contribution in [0.5, 0.6) is 0 Å². The zero-order chi connectivity index (χ0) is 18.3. The fraction of sp³-hybridized carbons (Fsp3) is 0. The van der Waals surface area contributed by atoms with Gasteiger partial charge in [-0.05, 0) is 56.9 Å². The summed E-state index contributed by atoms with van der Waals surface area (Å²) in [5, 5.41) is 22.1. The minimum absolute atomic E-state index is 0. The number of rotatable bonds is 3. The molecule has 2 N–H and O–H groups in total. The third-order valence-electron chi connectivity index (χ3n) is 4.52. The van der Waals surface area contributed by atoms with E-state index in [9.17, 15) is 19.8 Å². The molecule has 0 aliphatic carbocycles. The van der Waals surface area contributed by atoms with Crippen LogP contribution in [0.2, 0.25) is 0 Å². The first-order chi connectivity index (χ1) is 12.5. The van der Waals surface area contributed by atoms with E-state index in [1.165, 1.54) is 0 Å². The molecule has 4 rings (SSSR count). The molecule has 0 bridgehead atoms. The largest absolute Gasteiger partial charge is 0.478 e. The Morgan fingerprint density at radius 2 is 0.929 bits per heavy atom. The van der Waals surface area contributed by atoms with Gasteiger partial charge in [0.15, 0.2) is 0 Å². The van der Waals surface area contributed by atoms with Gasteiger partial charge in [0.25, 0.3) is 0 Å². The van der Waals surface area contributed by atoms with E-state index >= 15 is 0 Å². The third-order valence-corrected chi connectivity index (χ3v) is 4.52. The summed E-state index contributed by atoms with van der Waals surface area (Å²) in [6, 6.07) is 21.5. The van der Waals surface area contributed by atoms with Gasteiger partial charge < -0.3 is 10.2 Å². The molecular formula is C22H14Na2O4. The van der Waals surface area contributed by atoms with Crippen molar-refractivity contribution in [3.8, 4) is 11.1 Å². The molecule has 4 aromatic rings. The van der Waals surface area contributed by atoms with Gasteiger partial charge in [0, 0.05) is 59.1 Å². The van der Waals surface area contributed by atoms with Gasteiger partial charge in [0.05, 0.1) is 11.1 Å². The van der Waals surface area contributed by atoms with E-state index in [0.29, 0.717) is 21.9 Å². The van der Waals surface area contributed by atoms with Crippen LogP contribution < -0.4 is 0 Å². The van der Waals surface area contributed by atoms with Gasteiger partial charge in [0.1, 0.15) is 0 Å². The van der Waals surface area contributed by atoms with Crippen LogP contribution in [0.15, 0.2) is 72.8 Å². The molecule has 4 aromatic carbocycles. The SMILES string of the molecule is O=C(O)c1cc(-c2cc(C(=O)O)c3ccccc3c2)cc2ccccc12.[Na].[Na]. The van der Waals surface area contributed by atoms with Gasteiger partial charge in [-0.15, -0.1) is 0 Å². The van der Waals surface area contributed by atoms with Gasteiger partial charge in [-0.25, -0.2) is 9.59 Å². The van der Waals surface area contributed by atoms with Gasteiger partial charge in [-0.3, -0.25) is 0 Å².